The van der Waals surface area contributed by atoms with Crippen LogP contribution in [0, 0.1) is 6.92 Å². The minimum Gasteiger partial charge on any atom is -0.489 e. The highest BCUT2D eigenvalue weighted by atomic mass is 16.5. The lowest BCUT2D eigenvalue weighted by atomic mass is 10.1. The van der Waals surface area contributed by atoms with Gasteiger partial charge in [0.2, 0.25) is 0 Å². The standard InChI is InChI=1S/C16H20N2O/c1-12-13(6-4-9-16(12)17)11-19-15-8-5-7-14(10-15)18(2)3/h4-10H,11,17H2,1-3H3. The van der Waals surface area contributed by atoms with Gasteiger partial charge in [0.25, 0.3) is 0 Å². The van der Waals surface area contributed by atoms with Crippen LogP contribution in [0.5, 0.6) is 5.75 Å². The molecule has 0 aromatic heterocycles. The molecule has 0 saturated heterocycles. The molecule has 3 heteroatoms. The molecule has 0 unspecified atom stereocenters. The lowest BCUT2D eigenvalue weighted by Gasteiger charge is -2.15. The third-order valence-electron chi connectivity index (χ3n) is 3.22. The number of hydrogen-bond donors (Lipinski definition) is 1. The second-order valence-corrected chi connectivity index (χ2v) is 4.81. The first-order valence-electron chi connectivity index (χ1n) is 6.32. The van der Waals surface area contributed by atoms with Gasteiger partial charge < -0.3 is 15.4 Å². The second kappa shape index (κ2) is 5.65. The molecule has 0 aliphatic carbocycles. The summed E-state index contributed by atoms with van der Waals surface area (Å²) in [6, 6.07) is 14.0. The van der Waals surface area contributed by atoms with Crippen LogP contribution in [0.3, 0.4) is 0 Å². The van der Waals surface area contributed by atoms with E-state index in [1.54, 1.807) is 0 Å². The Hall–Kier alpha value is -2.16. The van der Waals surface area contributed by atoms with E-state index in [2.05, 4.69) is 11.0 Å². The molecule has 0 heterocycles. The zero-order valence-corrected chi connectivity index (χ0v) is 11.7. The van der Waals surface area contributed by atoms with Crippen molar-refractivity contribution in [1.29, 1.82) is 0 Å². The number of nitrogens with two attached hydrogens (primary N) is 1. The molecule has 100 valence electrons. The fourth-order valence-electron chi connectivity index (χ4n) is 1.87. The average molecular weight is 256 g/mol. The molecule has 0 aliphatic heterocycles. The number of benzene rings is 2. The van der Waals surface area contributed by atoms with Crippen molar-refractivity contribution >= 4 is 11.4 Å². The van der Waals surface area contributed by atoms with Gasteiger partial charge in [-0.05, 0) is 36.2 Å². The Bertz CT molecular complexity index is 564. The summed E-state index contributed by atoms with van der Waals surface area (Å²) in [6.07, 6.45) is 0. The molecule has 0 aliphatic rings. The fourth-order valence-corrected chi connectivity index (χ4v) is 1.87. The van der Waals surface area contributed by atoms with E-state index in [4.69, 9.17) is 10.5 Å². The highest BCUT2D eigenvalue weighted by Gasteiger charge is 2.03. The quantitative estimate of drug-likeness (QED) is 0.854. The lowest BCUT2D eigenvalue weighted by Crippen LogP contribution is -2.08. The Morgan fingerprint density at radius 3 is 2.58 bits per heavy atom. The molecule has 2 N–H and O–H groups in total. The second-order valence-electron chi connectivity index (χ2n) is 4.81. The maximum atomic E-state index is 5.89. The van der Waals surface area contributed by atoms with Crippen LogP contribution in [-0.4, -0.2) is 14.1 Å². The van der Waals surface area contributed by atoms with E-state index in [0.717, 1.165) is 28.3 Å². The smallest absolute Gasteiger partial charge is 0.121 e. The summed E-state index contributed by atoms with van der Waals surface area (Å²) < 4.78 is 5.84. The first-order valence-corrected chi connectivity index (χ1v) is 6.32. The van der Waals surface area contributed by atoms with Gasteiger partial charge in [0.05, 0.1) is 0 Å². The molecule has 0 saturated carbocycles. The first kappa shape index (κ1) is 13.3. The van der Waals surface area contributed by atoms with E-state index < -0.39 is 0 Å². The van der Waals surface area contributed by atoms with E-state index >= 15 is 0 Å². The Kier molecular flexibility index (Phi) is 3.95. The molecule has 2 aromatic rings. The van der Waals surface area contributed by atoms with Gasteiger partial charge in [-0.15, -0.1) is 0 Å². The molecule has 0 atom stereocenters. The molecule has 19 heavy (non-hydrogen) atoms. The predicted octanol–water partition coefficient (Wildman–Crippen LogP) is 3.22. The summed E-state index contributed by atoms with van der Waals surface area (Å²) in [4.78, 5) is 2.05. The van der Waals surface area contributed by atoms with Gasteiger partial charge in [0.1, 0.15) is 12.4 Å². The van der Waals surface area contributed by atoms with Gasteiger partial charge in [-0.2, -0.15) is 0 Å². The summed E-state index contributed by atoms with van der Waals surface area (Å²) >= 11 is 0. The molecule has 0 radical (unpaired) electrons. The highest BCUT2D eigenvalue weighted by Crippen LogP contribution is 2.22. The highest BCUT2D eigenvalue weighted by molar-refractivity contribution is 5.51. The Morgan fingerprint density at radius 1 is 1.11 bits per heavy atom. The molecular formula is C16H20N2O. The van der Waals surface area contributed by atoms with Crippen LogP contribution in [0.2, 0.25) is 0 Å². The number of ether oxygens (including phenoxy) is 1. The van der Waals surface area contributed by atoms with Crippen molar-refractivity contribution in [3.05, 3.63) is 53.6 Å². The minimum atomic E-state index is 0.535. The van der Waals surface area contributed by atoms with Crippen molar-refractivity contribution in [3.8, 4) is 5.75 Å². The van der Waals surface area contributed by atoms with Gasteiger partial charge in [0.15, 0.2) is 0 Å². The summed E-state index contributed by atoms with van der Waals surface area (Å²) in [5.41, 5.74) is 10.0. The molecular weight excluding hydrogens is 236 g/mol. The number of nitrogens with zero attached hydrogens (tertiary/aromatic N) is 1. The summed E-state index contributed by atoms with van der Waals surface area (Å²) in [7, 11) is 4.03. The van der Waals surface area contributed by atoms with Crippen molar-refractivity contribution in [2.75, 3.05) is 24.7 Å². The van der Waals surface area contributed by atoms with Crippen molar-refractivity contribution in [3.63, 3.8) is 0 Å². The first-order chi connectivity index (χ1) is 9.08. The zero-order chi connectivity index (χ0) is 13.8. The van der Waals surface area contributed by atoms with E-state index in [1.807, 2.05) is 57.4 Å². The normalized spacial score (nSPS) is 10.3. The average Bonchev–Trinajstić information content (AvgIpc) is 2.41. The fraction of sp³-hybridized carbons (Fsp3) is 0.250. The van der Waals surface area contributed by atoms with Crippen LogP contribution < -0.4 is 15.4 Å². The number of rotatable bonds is 4. The molecule has 0 bridgehead atoms. The SMILES string of the molecule is Cc1c(N)cccc1COc1cccc(N(C)C)c1. The topological polar surface area (TPSA) is 38.5 Å². The van der Waals surface area contributed by atoms with Gasteiger partial charge in [-0.25, -0.2) is 0 Å². The molecule has 0 amide bonds. The monoisotopic (exact) mass is 256 g/mol. The Labute approximate surface area is 114 Å². The largest absolute Gasteiger partial charge is 0.489 e. The number of nitrogen functional groups attached to an aromatic ring is 1. The van der Waals surface area contributed by atoms with Crippen molar-refractivity contribution < 1.29 is 4.74 Å². The van der Waals surface area contributed by atoms with Gasteiger partial charge in [-0.3, -0.25) is 0 Å². The van der Waals surface area contributed by atoms with Crippen molar-refractivity contribution in [2.45, 2.75) is 13.5 Å². The van der Waals surface area contributed by atoms with E-state index in [0.29, 0.717) is 6.61 Å². The van der Waals surface area contributed by atoms with Crippen LogP contribution in [-0.2, 0) is 6.61 Å². The zero-order valence-electron chi connectivity index (χ0n) is 11.7. The summed E-state index contributed by atoms with van der Waals surface area (Å²) in [5.74, 6) is 0.869. The Balaban J connectivity index is 2.10. The van der Waals surface area contributed by atoms with Gasteiger partial charge in [0, 0.05) is 31.5 Å². The van der Waals surface area contributed by atoms with Crippen LogP contribution in [0.1, 0.15) is 11.1 Å². The molecule has 2 aromatic carbocycles. The molecule has 3 nitrogen and oxygen atoms in total. The maximum absolute atomic E-state index is 5.89. The van der Waals surface area contributed by atoms with Crippen LogP contribution in [0.4, 0.5) is 11.4 Å². The van der Waals surface area contributed by atoms with Crippen LogP contribution >= 0.6 is 0 Å². The number of anilines is 2. The molecule has 0 spiro atoms. The van der Waals surface area contributed by atoms with Crippen molar-refractivity contribution in [2.24, 2.45) is 0 Å². The van der Waals surface area contributed by atoms with Crippen LogP contribution in [0.15, 0.2) is 42.5 Å². The van der Waals surface area contributed by atoms with E-state index in [9.17, 15) is 0 Å². The third-order valence-corrected chi connectivity index (χ3v) is 3.22. The van der Waals surface area contributed by atoms with E-state index in [1.165, 1.54) is 0 Å². The van der Waals surface area contributed by atoms with Gasteiger partial charge in [-0.1, -0.05) is 18.2 Å². The minimum absolute atomic E-state index is 0.535. The molecule has 2 rings (SSSR count). The number of hydrogen-bond acceptors (Lipinski definition) is 3. The predicted molar refractivity (Wildman–Crippen MR) is 80.7 cm³/mol. The van der Waals surface area contributed by atoms with Gasteiger partial charge >= 0.3 is 0 Å². The third kappa shape index (κ3) is 3.19. The summed E-state index contributed by atoms with van der Waals surface area (Å²) in [6.45, 7) is 2.55. The van der Waals surface area contributed by atoms with Crippen LogP contribution in [0.25, 0.3) is 0 Å². The summed E-state index contributed by atoms with van der Waals surface area (Å²) in [5, 5.41) is 0. The molecule has 0 fully saturated rings. The Morgan fingerprint density at radius 2 is 1.84 bits per heavy atom. The maximum Gasteiger partial charge on any atom is 0.121 e. The lowest BCUT2D eigenvalue weighted by molar-refractivity contribution is 0.305. The van der Waals surface area contributed by atoms with E-state index in [-0.39, 0.29) is 0 Å². The van der Waals surface area contributed by atoms with Crippen molar-refractivity contribution in [1.82, 2.24) is 0 Å².